The van der Waals surface area contributed by atoms with Gasteiger partial charge in [-0.05, 0) is 61.7 Å². The number of aromatic amines is 1. The minimum Gasteiger partial charge on any atom is -0.487 e. The maximum absolute atomic E-state index is 13.3. The quantitative estimate of drug-likeness (QED) is 0.254. The molecule has 3 unspecified atom stereocenters. The first kappa shape index (κ1) is 25.4. The lowest BCUT2D eigenvalue weighted by Gasteiger charge is -2.48. The second-order valence-corrected chi connectivity index (χ2v) is 12.1. The molecule has 200 valence electrons. The molecule has 2 aliphatic carbocycles. The van der Waals surface area contributed by atoms with Crippen molar-refractivity contribution in [2.45, 2.75) is 55.9 Å². The molecule has 3 fully saturated rings. The molecule has 1 amide bonds. The molecule has 1 aromatic heterocycles. The molecule has 1 aromatic carbocycles. The number of likely N-dealkylation sites (tertiary alicyclic amines) is 1. The van der Waals surface area contributed by atoms with Crippen LogP contribution in [0.15, 0.2) is 60.0 Å². The van der Waals surface area contributed by atoms with Crippen molar-refractivity contribution in [3.8, 4) is 0 Å². The third kappa shape index (κ3) is 4.72. The predicted octanol–water partition coefficient (Wildman–Crippen LogP) is 6.33. The van der Waals surface area contributed by atoms with Crippen molar-refractivity contribution in [2.75, 3.05) is 19.7 Å². The van der Waals surface area contributed by atoms with E-state index < -0.39 is 0 Å². The van der Waals surface area contributed by atoms with Gasteiger partial charge in [-0.3, -0.25) is 9.89 Å². The van der Waals surface area contributed by atoms with Gasteiger partial charge in [-0.2, -0.15) is 5.10 Å². The predicted molar refractivity (Wildman–Crippen MR) is 149 cm³/mol. The summed E-state index contributed by atoms with van der Waals surface area (Å²) in [6, 6.07) is 5.80. The highest BCUT2D eigenvalue weighted by molar-refractivity contribution is 9.09. The number of piperidine rings is 1. The molecule has 4 aliphatic rings. The third-order valence-electron chi connectivity index (χ3n) is 8.79. The number of allylic oxidation sites excluding steroid dienone is 4. The van der Waals surface area contributed by atoms with Gasteiger partial charge in [0.05, 0.1) is 23.1 Å². The minimum absolute atomic E-state index is 0.105. The van der Waals surface area contributed by atoms with Gasteiger partial charge in [-0.25, -0.2) is 4.79 Å². The van der Waals surface area contributed by atoms with Crippen LogP contribution in [0, 0.1) is 17.8 Å². The number of hydrogen-bond acceptors (Lipinski definition) is 5. The number of fused-ring (bicyclic) bond motifs is 2. The monoisotopic (exact) mass is 579 g/mol. The number of para-hydroxylation sites is 1. The number of H-pyrrole nitrogens is 1. The average molecular weight is 581 g/mol. The zero-order valence-corrected chi connectivity index (χ0v) is 23.3. The number of Topliss-reactive ketones (excluding diaryl/α,β-unsaturated/α-hetero) is 1. The highest BCUT2D eigenvalue weighted by Gasteiger charge is 2.53. The highest BCUT2D eigenvalue weighted by Crippen LogP contribution is 2.57. The second kappa shape index (κ2) is 10.0. The van der Waals surface area contributed by atoms with Crippen LogP contribution in [0.3, 0.4) is 0 Å². The first-order valence-electron chi connectivity index (χ1n) is 13.7. The molecule has 2 aliphatic heterocycles. The molecule has 3 heterocycles. The van der Waals surface area contributed by atoms with Crippen molar-refractivity contribution in [2.24, 2.45) is 17.8 Å². The fraction of sp³-hybridized carbons (Fsp3) is 0.500. The third-order valence-corrected chi connectivity index (χ3v) is 9.70. The Bertz CT molecular complexity index is 1340. The number of alkyl halides is 1. The highest BCUT2D eigenvalue weighted by atomic mass is 79.9. The summed E-state index contributed by atoms with van der Waals surface area (Å²) < 4.78 is 12.0. The summed E-state index contributed by atoms with van der Waals surface area (Å²) in [6.45, 7) is 7.74. The van der Waals surface area contributed by atoms with Gasteiger partial charge < -0.3 is 14.4 Å². The zero-order chi connectivity index (χ0) is 26.4. The normalized spacial score (nSPS) is 28.2. The van der Waals surface area contributed by atoms with E-state index in [4.69, 9.17) is 9.47 Å². The lowest BCUT2D eigenvalue weighted by molar-refractivity contribution is -0.0748. The summed E-state index contributed by atoms with van der Waals surface area (Å²) in [5.74, 6) is 2.24. The summed E-state index contributed by atoms with van der Waals surface area (Å²) in [6.07, 6.45) is 10.8. The van der Waals surface area contributed by atoms with Gasteiger partial charge in [0.15, 0.2) is 5.78 Å². The van der Waals surface area contributed by atoms with Crippen LogP contribution >= 0.6 is 15.9 Å². The maximum Gasteiger partial charge on any atom is 0.409 e. The summed E-state index contributed by atoms with van der Waals surface area (Å²) in [5.41, 5.74) is 3.61. The number of carbonyl (C=O) groups is 2. The molecule has 8 heteroatoms. The largest absolute Gasteiger partial charge is 0.487 e. The maximum atomic E-state index is 13.3. The van der Waals surface area contributed by atoms with Crippen molar-refractivity contribution >= 4 is 38.7 Å². The molecule has 2 saturated heterocycles. The van der Waals surface area contributed by atoms with Gasteiger partial charge in [-0.1, -0.05) is 46.3 Å². The number of aromatic nitrogens is 2. The Hall–Kier alpha value is -2.87. The fourth-order valence-electron chi connectivity index (χ4n) is 6.55. The number of nitrogens with one attached hydrogen (secondary N) is 1. The van der Waals surface area contributed by atoms with Gasteiger partial charge >= 0.3 is 6.09 Å². The van der Waals surface area contributed by atoms with E-state index in [0.29, 0.717) is 43.9 Å². The molecule has 0 radical (unpaired) electrons. The molecule has 1 spiro atoms. The van der Waals surface area contributed by atoms with E-state index in [9.17, 15) is 9.59 Å². The number of rotatable bonds is 5. The van der Waals surface area contributed by atoms with E-state index in [-0.39, 0.29) is 22.3 Å². The number of ketones is 1. The van der Waals surface area contributed by atoms with Gasteiger partial charge in [0.2, 0.25) is 0 Å². The summed E-state index contributed by atoms with van der Waals surface area (Å²) in [7, 11) is 0. The average Bonchev–Trinajstić information content (AvgIpc) is 3.53. The van der Waals surface area contributed by atoms with Crippen molar-refractivity contribution in [1.82, 2.24) is 15.1 Å². The second-order valence-electron chi connectivity index (χ2n) is 11.2. The molecule has 6 rings (SSSR count). The number of amides is 1. The van der Waals surface area contributed by atoms with E-state index in [2.05, 4.69) is 44.9 Å². The van der Waals surface area contributed by atoms with Gasteiger partial charge in [0.1, 0.15) is 11.4 Å². The smallest absolute Gasteiger partial charge is 0.409 e. The van der Waals surface area contributed by atoms with Crippen molar-refractivity contribution < 1.29 is 19.1 Å². The van der Waals surface area contributed by atoms with Crippen molar-refractivity contribution in [3.63, 3.8) is 0 Å². The van der Waals surface area contributed by atoms with E-state index in [1.165, 1.54) is 5.57 Å². The van der Waals surface area contributed by atoms with Crippen LogP contribution in [-0.2, 0) is 9.47 Å². The number of halogens is 1. The first-order valence-corrected chi connectivity index (χ1v) is 14.6. The van der Waals surface area contributed by atoms with Crippen LogP contribution in [0.2, 0.25) is 0 Å². The summed E-state index contributed by atoms with van der Waals surface area (Å²) in [4.78, 5) is 27.6. The zero-order valence-electron chi connectivity index (χ0n) is 21.7. The molecule has 38 heavy (non-hydrogen) atoms. The number of ether oxygens (including phenoxy) is 2. The summed E-state index contributed by atoms with van der Waals surface area (Å²) >= 11 is 3.81. The molecular formula is C30H34BrN3O4. The molecule has 4 atom stereocenters. The van der Waals surface area contributed by atoms with Gasteiger partial charge in [0.25, 0.3) is 0 Å². The summed E-state index contributed by atoms with van der Waals surface area (Å²) in [5, 5.41) is 8.08. The topological polar surface area (TPSA) is 84.5 Å². The first-order chi connectivity index (χ1) is 18.4. The number of nitrogens with zero attached hydrogens (tertiary/aromatic N) is 2. The lowest BCUT2D eigenvalue weighted by atomic mass is 9.74. The molecule has 1 N–H and O–H groups in total. The van der Waals surface area contributed by atoms with Crippen LogP contribution in [0.1, 0.15) is 55.8 Å². The Morgan fingerprint density at radius 3 is 2.92 bits per heavy atom. The van der Waals surface area contributed by atoms with Crippen LogP contribution in [0.4, 0.5) is 4.79 Å². The molecule has 2 aromatic rings. The molecular weight excluding hydrogens is 546 g/mol. The van der Waals surface area contributed by atoms with E-state index in [1.54, 1.807) is 11.1 Å². The molecule has 1 saturated carbocycles. The van der Waals surface area contributed by atoms with Gasteiger partial charge in [-0.15, -0.1) is 0 Å². The molecule has 7 nitrogen and oxygen atoms in total. The Kier molecular flexibility index (Phi) is 6.70. The lowest BCUT2D eigenvalue weighted by Crippen LogP contribution is -2.51. The van der Waals surface area contributed by atoms with Crippen molar-refractivity contribution in [1.29, 1.82) is 0 Å². The SMILES string of the molecule is C=C1CC=C2OC3(CCN(C(=O)OCC)CC3)C[C@H](C3CC3CC(=O)c3cccc4cn[nH]c34)C2=CC1Br. The number of carbonyl (C=O) groups excluding carboxylic acids is 2. The van der Waals surface area contributed by atoms with E-state index in [1.807, 2.05) is 25.1 Å². The molecule has 0 bridgehead atoms. The number of hydrogen-bond donors (Lipinski definition) is 1. The Morgan fingerprint density at radius 1 is 1.32 bits per heavy atom. The number of benzene rings is 1. The van der Waals surface area contributed by atoms with Gasteiger partial charge in [0, 0.05) is 43.3 Å². The standard InChI is InChI=1S/C30H34BrN3O4/c1-3-37-29(36)34-11-9-30(10-12-34)16-24(23-15-25(31)18(2)7-8-27(23)38-30)22-13-20(22)14-26(35)21-6-4-5-19-17-32-33-28(19)21/h4-6,8,15,17,20,22,24-25H,2-3,7,9-14,16H2,1H3,(H,32,33)/t20?,22?,24-,25?/m1/s1. The van der Waals surface area contributed by atoms with Crippen LogP contribution in [0.5, 0.6) is 0 Å². The van der Waals surface area contributed by atoms with E-state index >= 15 is 0 Å². The van der Waals surface area contributed by atoms with Crippen LogP contribution in [-0.4, -0.2) is 57.1 Å². The fourth-order valence-corrected chi connectivity index (χ4v) is 7.02. The van der Waals surface area contributed by atoms with Crippen LogP contribution < -0.4 is 0 Å². The Labute approximate surface area is 231 Å². The minimum atomic E-state index is -0.303. The Balaban J connectivity index is 1.22. The Morgan fingerprint density at radius 2 is 2.13 bits per heavy atom. The van der Waals surface area contributed by atoms with Crippen LogP contribution in [0.25, 0.3) is 10.9 Å². The van der Waals surface area contributed by atoms with E-state index in [0.717, 1.165) is 59.9 Å². The van der Waals surface area contributed by atoms with Crippen molar-refractivity contribution in [3.05, 3.63) is 65.6 Å².